The highest BCUT2D eigenvalue weighted by Gasteiger charge is 2.58. The number of hydrogen-bond acceptors (Lipinski definition) is 5. The summed E-state index contributed by atoms with van der Waals surface area (Å²) < 4.78 is 17.4. The molecule has 1 aromatic carbocycles. The van der Waals surface area contributed by atoms with E-state index in [2.05, 4.69) is 17.3 Å². The first-order valence-corrected chi connectivity index (χ1v) is 13.3. The van der Waals surface area contributed by atoms with E-state index in [1.165, 1.54) is 0 Å². The molecule has 1 aromatic heterocycles. The average Bonchev–Trinajstić information content (AvgIpc) is 3.79. The van der Waals surface area contributed by atoms with Crippen molar-refractivity contribution in [3.63, 3.8) is 0 Å². The van der Waals surface area contributed by atoms with E-state index < -0.39 is 5.54 Å². The van der Waals surface area contributed by atoms with Crippen molar-refractivity contribution in [1.29, 1.82) is 0 Å². The zero-order valence-electron chi connectivity index (χ0n) is 20.6. The van der Waals surface area contributed by atoms with Gasteiger partial charge in [-0.25, -0.2) is 4.39 Å². The van der Waals surface area contributed by atoms with E-state index in [-0.39, 0.29) is 42.0 Å². The Labute approximate surface area is 213 Å². The first-order valence-electron chi connectivity index (χ1n) is 13.3. The van der Waals surface area contributed by atoms with Crippen molar-refractivity contribution in [3.8, 4) is 0 Å². The number of nitrogens with zero attached hydrogens (tertiary/aromatic N) is 5. The van der Waals surface area contributed by atoms with Gasteiger partial charge in [0.25, 0.3) is 5.91 Å². The summed E-state index contributed by atoms with van der Waals surface area (Å²) in [5.74, 6) is 0.693. The van der Waals surface area contributed by atoms with E-state index >= 15 is 4.39 Å². The molecule has 0 bridgehead atoms. The van der Waals surface area contributed by atoms with Crippen molar-refractivity contribution in [2.75, 3.05) is 26.2 Å². The highest BCUT2D eigenvalue weighted by atomic mass is 19.1. The first kappa shape index (κ1) is 22.8. The normalized spacial score (nSPS) is 23.9. The molecule has 1 unspecified atom stereocenters. The van der Waals surface area contributed by atoms with E-state index in [9.17, 15) is 14.7 Å². The van der Waals surface area contributed by atoms with Gasteiger partial charge >= 0.3 is 0 Å². The maximum Gasteiger partial charge on any atom is 0.256 e. The number of aliphatic hydroxyl groups excluding tert-OH is 1. The summed E-state index contributed by atoms with van der Waals surface area (Å²) in [6.45, 7) is 2.26. The lowest BCUT2D eigenvalue weighted by molar-refractivity contribution is -0.139. The van der Waals surface area contributed by atoms with Gasteiger partial charge in [-0.2, -0.15) is 5.10 Å². The number of likely N-dealkylation sites (tertiary alicyclic amines) is 1. The Morgan fingerprint density at radius 3 is 2.73 bits per heavy atom. The predicted octanol–water partition coefficient (Wildman–Crippen LogP) is 0.753. The molecule has 8 nitrogen and oxygen atoms in total. The number of benzene rings is 1. The van der Waals surface area contributed by atoms with Gasteiger partial charge in [-0.15, -0.1) is 0 Å². The van der Waals surface area contributed by atoms with Gasteiger partial charge in [0.05, 0.1) is 30.3 Å². The number of carbonyl (C=O) groups is 2. The van der Waals surface area contributed by atoms with Crippen molar-refractivity contribution < 1.29 is 19.1 Å². The zero-order valence-corrected chi connectivity index (χ0v) is 20.6. The van der Waals surface area contributed by atoms with Crippen LogP contribution in [0.3, 0.4) is 0 Å². The fourth-order valence-electron chi connectivity index (χ4n) is 5.92. The topological polar surface area (TPSA) is 91.0 Å². The Hall–Kier alpha value is -3.33. The second-order valence-electron chi connectivity index (χ2n) is 11.2. The number of hydrogen-bond donors (Lipinski definition) is 1. The third kappa shape index (κ3) is 3.82. The fraction of sp³-hybridized carbons (Fsp3) is 0.500. The second-order valence-corrected chi connectivity index (χ2v) is 11.2. The summed E-state index contributed by atoms with van der Waals surface area (Å²) in [4.78, 5) is 33.9. The molecule has 3 fully saturated rings. The maximum absolute atomic E-state index is 15.6. The lowest BCUT2D eigenvalue weighted by atomic mass is 9.91. The van der Waals surface area contributed by atoms with Gasteiger partial charge < -0.3 is 10.0 Å². The number of aromatic nitrogens is 2. The smallest absolute Gasteiger partial charge is 0.256 e. The molecule has 7 rings (SSSR count). The summed E-state index contributed by atoms with van der Waals surface area (Å²) in [5.41, 5.74) is 0.525. The summed E-state index contributed by atoms with van der Waals surface area (Å²) in [7, 11) is 0. The molecule has 0 radical (unpaired) electrons. The number of halogens is 1. The van der Waals surface area contributed by atoms with E-state index in [1.54, 1.807) is 27.9 Å². The summed E-state index contributed by atoms with van der Waals surface area (Å²) in [6.07, 6.45) is 10.1. The molecule has 5 aliphatic rings. The molecule has 3 heterocycles. The number of carbonyl (C=O) groups excluding carboxylic acids is 2. The second kappa shape index (κ2) is 8.34. The van der Waals surface area contributed by atoms with Crippen LogP contribution in [0, 0.1) is 17.7 Å². The molecule has 37 heavy (non-hydrogen) atoms. The van der Waals surface area contributed by atoms with Crippen LogP contribution in [0.5, 0.6) is 0 Å². The number of fused-ring (bicyclic) bond motifs is 1. The van der Waals surface area contributed by atoms with Crippen LogP contribution in [0.15, 0.2) is 29.4 Å². The van der Waals surface area contributed by atoms with Gasteiger partial charge in [0.15, 0.2) is 0 Å². The van der Waals surface area contributed by atoms with Crippen LogP contribution in [0.25, 0.3) is 12.2 Å². The lowest BCUT2D eigenvalue weighted by Gasteiger charge is -2.41. The zero-order chi connectivity index (χ0) is 25.3. The van der Waals surface area contributed by atoms with Gasteiger partial charge in [-0.05, 0) is 49.8 Å². The molecule has 1 saturated heterocycles. The molecule has 1 atom stereocenters. The minimum absolute atomic E-state index is 0.0193. The molecular formula is C28H30FN5O3. The molecule has 2 aromatic rings. The van der Waals surface area contributed by atoms with Crippen LogP contribution in [-0.4, -0.2) is 74.1 Å². The molecule has 3 aliphatic carbocycles. The number of amidine groups is 1. The molecule has 2 saturated carbocycles. The van der Waals surface area contributed by atoms with Crippen LogP contribution in [-0.2, 0) is 16.1 Å². The third-order valence-electron chi connectivity index (χ3n) is 8.41. The number of aliphatic hydroxyl groups is 1. The number of aliphatic imine (C=N–C) groups is 1. The van der Waals surface area contributed by atoms with E-state index in [1.807, 2.05) is 11.0 Å². The number of rotatable bonds is 7. The highest BCUT2D eigenvalue weighted by molar-refractivity contribution is 6.16. The van der Waals surface area contributed by atoms with Crippen molar-refractivity contribution in [3.05, 3.63) is 51.9 Å². The standard InChI is InChI=1S/C28H30FN5O3/c29-23-12-20(19-4-6-24-21(11-19)13-30-34(24)9-10-35)3-5-22(23)25-31-28(7-8-28)27(37)33(25)16-17-14-32(15-17)26(36)18-1-2-18/h3,5-6,11-13,17-19,35H,1-2,4,7-10,14-16H2. The molecular weight excluding hydrogens is 473 g/mol. The van der Waals surface area contributed by atoms with Gasteiger partial charge in [0.2, 0.25) is 5.91 Å². The van der Waals surface area contributed by atoms with Crippen LogP contribution in [0.4, 0.5) is 4.39 Å². The largest absolute Gasteiger partial charge is 0.394 e. The first-order chi connectivity index (χ1) is 18.0. The summed E-state index contributed by atoms with van der Waals surface area (Å²) >= 11 is 0. The van der Waals surface area contributed by atoms with Gasteiger partial charge in [0, 0.05) is 42.6 Å². The Balaban J connectivity index is 1.11. The lowest BCUT2D eigenvalue weighted by Crippen LogP contribution is -2.55. The Morgan fingerprint density at radius 1 is 1.22 bits per heavy atom. The van der Waals surface area contributed by atoms with E-state index in [0.29, 0.717) is 50.4 Å². The Morgan fingerprint density at radius 2 is 2.03 bits per heavy atom. The highest BCUT2D eigenvalue weighted by Crippen LogP contribution is 2.46. The Kier molecular flexibility index (Phi) is 5.15. The van der Waals surface area contributed by atoms with Crippen LogP contribution >= 0.6 is 0 Å². The molecule has 9 heteroatoms. The van der Waals surface area contributed by atoms with Crippen molar-refractivity contribution >= 4 is 29.8 Å². The molecule has 192 valence electrons. The van der Waals surface area contributed by atoms with E-state index in [0.717, 1.165) is 35.4 Å². The molecule has 2 aliphatic heterocycles. The average molecular weight is 504 g/mol. The molecule has 2 amide bonds. The van der Waals surface area contributed by atoms with Crippen molar-refractivity contribution in [1.82, 2.24) is 19.6 Å². The van der Waals surface area contributed by atoms with Crippen LogP contribution in [0.1, 0.15) is 49.1 Å². The van der Waals surface area contributed by atoms with Crippen molar-refractivity contribution in [2.45, 2.75) is 50.1 Å². The van der Waals surface area contributed by atoms with Gasteiger partial charge in [-0.1, -0.05) is 18.2 Å². The van der Waals surface area contributed by atoms with Gasteiger partial charge in [-0.3, -0.25) is 24.2 Å². The Bertz CT molecular complexity index is 1450. The minimum Gasteiger partial charge on any atom is -0.394 e. The maximum atomic E-state index is 15.6. The molecule has 1 N–H and O–H groups in total. The minimum atomic E-state index is -0.703. The monoisotopic (exact) mass is 503 g/mol. The van der Waals surface area contributed by atoms with Crippen molar-refractivity contribution in [2.24, 2.45) is 16.8 Å². The summed E-state index contributed by atoms with van der Waals surface area (Å²) in [5, 5.41) is 15.5. The van der Waals surface area contributed by atoms with Gasteiger partial charge in [0.1, 0.15) is 17.2 Å². The van der Waals surface area contributed by atoms with Crippen LogP contribution in [0.2, 0.25) is 0 Å². The number of amides is 2. The summed E-state index contributed by atoms with van der Waals surface area (Å²) in [6, 6.07) is 5.25. The van der Waals surface area contributed by atoms with Crippen LogP contribution < -0.4 is 10.6 Å². The molecule has 1 spiro atoms. The quantitative estimate of drug-likeness (QED) is 0.604. The third-order valence-corrected chi connectivity index (χ3v) is 8.41. The van der Waals surface area contributed by atoms with E-state index in [4.69, 9.17) is 4.99 Å². The fourth-order valence-corrected chi connectivity index (χ4v) is 5.92. The SMILES string of the molecule is O=C(C1CC1)N1CC(CN2C(=O)C3(CC3)N=C2c2ccc(C3C=c4cnn(CCO)c4=CC3)cc2F)C1. The predicted molar refractivity (Wildman–Crippen MR) is 134 cm³/mol.